The number of likely N-dealkylation sites (tertiary alicyclic amines) is 1. The van der Waals surface area contributed by atoms with Crippen LogP contribution in [0.15, 0.2) is 48.5 Å². The number of amides is 1. The molecule has 1 unspecified atom stereocenters. The van der Waals surface area contributed by atoms with Gasteiger partial charge in [0.1, 0.15) is 0 Å². The third kappa shape index (κ3) is 4.92. The molecule has 0 bridgehead atoms. The Morgan fingerprint density at radius 3 is 2.64 bits per heavy atom. The van der Waals surface area contributed by atoms with Gasteiger partial charge in [0.05, 0.1) is 31.0 Å². The van der Waals surface area contributed by atoms with Crippen molar-refractivity contribution in [3.05, 3.63) is 54.1 Å². The Morgan fingerprint density at radius 2 is 1.88 bits per heavy atom. The first-order chi connectivity index (χ1) is 16.0. The SMILES string of the molecule is COc1ccc(-c2cc(C(=O)N3CCCC(CCC(=O)O)C3)c3ccccc3n2)cc1OC. The molecule has 0 aliphatic carbocycles. The van der Waals surface area contributed by atoms with Crippen LogP contribution in [0, 0.1) is 5.92 Å². The molecule has 3 aromatic rings. The number of carboxylic acid groups (broad SMARTS) is 1. The Bertz CT molecular complexity index is 1180. The molecule has 1 amide bonds. The van der Waals surface area contributed by atoms with E-state index >= 15 is 0 Å². The number of aromatic nitrogens is 1. The molecule has 0 radical (unpaired) electrons. The van der Waals surface area contributed by atoms with Crippen LogP contribution < -0.4 is 9.47 Å². The van der Waals surface area contributed by atoms with Crippen LogP contribution in [0.1, 0.15) is 36.0 Å². The number of carbonyl (C=O) groups excluding carboxylic acids is 1. The van der Waals surface area contributed by atoms with Gasteiger partial charge in [-0.1, -0.05) is 18.2 Å². The van der Waals surface area contributed by atoms with Crippen molar-refractivity contribution in [1.82, 2.24) is 9.88 Å². The zero-order valence-corrected chi connectivity index (χ0v) is 18.9. The Balaban J connectivity index is 1.70. The average Bonchev–Trinajstić information content (AvgIpc) is 2.86. The third-order valence-electron chi connectivity index (χ3n) is 6.20. The second-order valence-electron chi connectivity index (χ2n) is 8.33. The third-order valence-corrected chi connectivity index (χ3v) is 6.20. The predicted molar refractivity (Wildman–Crippen MR) is 126 cm³/mol. The quantitative estimate of drug-likeness (QED) is 0.567. The lowest BCUT2D eigenvalue weighted by Crippen LogP contribution is -2.40. The van der Waals surface area contributed by atoms with Crippen LogP contribution in [0.5, 0.6) is 11.5 Å². The topological polar surface area (TPSA) is 89.0 Å². The van der Waals surface area contributed by atoms with E-state index in [2.05, 4.69) is 0 Å². The number of rotatable bonds is 7. The van der Waals surface area contributed by atoms with Crippen molar-refractivity contribution in [2.24, 2.45) is 5.92 Å². The lowest BCUT2D eigenvalue weighted by atomic mass is 9.92. The van der Waals surface area contributed by atoms with Gasteiger partial charge in [-0.05, 0) is 55.5 Å². The number of nitrogens with zero attached hydrogens (tertiary/aromatic N) is 2. The summed E-state index contributed by atoms with van der Waals surface area (Å²) < 4.78 is 10.8. The standard InChI is InChI=1S/C26H28N2O5/c1-32-23-11-10-18(14-24(23)33-2)22-15-20(19-7-3-4-8-21(19)27-22)26(31)28-13-5-6-17(16-28)9-12-25(29)30/h3-4,7-8,10-11,14-15,17H,5-6,9,12-13,16H2,1-2H3,(H,29,30). The predicted octanol–water partition coefficient (Wildman–Crippen LogP) is 4.64. The Labute approximate surface area is 193 Å². The maximum Gasteiger partial charge on any atom is 0.303 e. The van der Waals surface area contributed by atoms with Gasteiger partial charge in [-0.15, -0.1) is 0 Å². The number of hydrogen-bond acceptors (Lipinski definition) is 5. The zero-order chi connectivity index (χ0) is 23.4. The molecule has 2 heterocycles. The molecule has 1 aromatic heterocycles. The first-order valence-corrected chi connectivity index (χ1v) is 11.1. The summed E-state index contributed by atoms with van der Waals surface area (Å²) >= 11 is 0. The van der Waals surface area contributed by atoms with E-state index in [-0.39, 0.29) is 18.2 Å². The average molecular weight is 449 g/mol. The van der Waals surface area contributed by atoms with Crippen molar-refractivity contribution in [3.8, 4) is 22.8 Å². The number of pyridine rings is 1. The van der Waals surface area contributed by atoms with Gasteiger partial charge in [0, 0.05) is 30.5 Å². The van der Waals surface area contributed by atoms with E-state index in [9.17, 15) is 9.59 Å². The summed E-state index contributed by atoms with van der Waals surface area (Å²) in [5.74, 6) is 0.583. The Hall–Kier alpha value is -3.61. The highest BCUT2D eigenvalue weighted by atomic mass is 16.5. The number of benzene rings is 2. The first-order valence-electron chi connectivity index (χ1n) is 11.1. The number of hydrogen-bond donors (Lipinski definition) is 1. The number of methoxy groups -OCH3 is 2. The number of para-hydroxylation sites is 1. The monoisotopic (exact) mass is 448 g/mol. The normalized spacial score (nSPS) is 15.9. The van der Waals surface area contributed by atoms with E-state index in [4.69, 9.17) is 19.6 Å². The largest absolute Gasteiger partial charge is 0.493 e. The van der Waals surface area contributed by atoms with E-state index in [1.54, 1.807) is 14.2 Å². The fourth-order valence-electron chi connectivity index (χ4n) is 4.48. The number of piperidine rings is 1. The number of carboxylic acids is 1. The highest BCUT2D eigenvalue weighted by molar-refractivity contribution is 6.07. The van der Waals surface area contributed by atoms with Crippen molar-refractivity contribution < 1.29 is 24.2 Å². The van der Waals surface area contributed by atoms with Crippen LogP contribution in [0.25, 0.3) is 22.2 Å². The van der Waals surface area contributed by atoms with Crippen molar-refractivity contribution in [3.63, 3.8) is 0 Å². The molecule has 172 valence electrons. The fraction of sp³-hybridized carbons (Fsp3) is 0.346. The smallest absolute Gasteiger partial charge is 0.303 e. The molecule has 7 heteroatoms. The minimum Gasteiger partial charge on any atom is -0.493 e. The molecular formula is C26H28N2O5. The second-order valence-corrected chi connectivity index (χ2v) is 8.33. The van der Waals surface area contributed by atoms with Crippen LogP contribution in [0.2, 0.25) is 0 Å². The van der Waals surface area contributed by atoms with Crippen molar-refractivity contribution in [2.75, 3.05) is 27.3 Å². The molecule has 1 saturated heterocycles. The fourth-order valence-corrected chi connectivity index (χ4v) is 4.48. The van der Waals surface area contributed by atoms with Crippen LogP contribution in [-0.2, 0) is 4.79 Å². The van der Waals surface area contributed by atoms with Gasteiger partial charge in [0.15, 0.2) is 11.5 Å². The van der Waals surface area contributed by atoms with Gasteiger partial charge < -0.3 is 19.5 Å². The summed E-state index contributed by atoms with van der Waals surface area (Å²) in [5, 5.41) is 9.83. The van der Waals surface area contributed by atoms with Crippen LogP contribution >= 0.6 is 0 Å². The van der Waals surface area contributed by atoms with Crippen LogP contribution in [-0.4, -0.2) is 54.2 Å². The summed E-state index contributed by atoms with van der Waals surface area (Å²) in [4.78, 5) is 31.3. The molecule has 7 nitrogen and oxygen atoms in total. The number of fused-ring (bicyclic) bond motifs is 1. The number of aliphatic carboxylic acids is 1. The van der Waals surface area contributed by atoms with Crippen LogP contribution in [0.4, 0.5) is 0 Å². The van der Waals surface area contributed by atoms with Crippen LogP contribution in [0.3, 0.4) is 0 Å². The lowest BCUT2D eigenvalue weighted by molar-refractivity contribution is -0.137. The molecule has 2 aromatic carbocycles. The minimum atomic E-state index is -0.793. The maximum absolute atomic E-state index is 13.6. The summed E-state index contributed by atoms with van der Waals surface area (Å²) in [7, 11) is 3.17. The van der Waals surface area contributed by atoms with E-state index in [0.29, 0.717) is 42.3 Å². The van der Waals surface area contributed by atoms with Gasteiger partial charge in [-0.2, -0.15) is 0 Å². The maximum atomic E-state index is 13.6. The summed E-state index contributed by atoms with van der Waals surface area (Å²) in [5.41, 5.74) is 2.85. The Kier molecular flexibility index (Phi) is 6.77. The molecule has 33 heavy (non-hydrogen) atoms. The molecule has 0 saturated carbocycles. The highest BCUT2D eigenvalue weighted by Crippen LogP contribution is 2.34. The van der Waals surface area contributed by atoms with Crippen molar-refractivity contribution in [2.45, 2.75) is 25.7 Å². The molecule has 1 N–H and O–H groups in total. The summed E-state index contributed by atoms with van der Waals surface area (Å²) in [6.07, 6.45) is 2.55. The van der Waals surface area contributed by atoms with Gasteiger partial charge in [0.25, 0.3) is 5.91 Å². The van der Waals surface area contributed by atoms with Gasteiger partial charge in [-0.3, -0.25) is 9.59 Å². The van der Waals surface area contributed by atoms with Crippen molar-refractivity contribution in [1.29, 1.82) is 0 Å². The molecular weight excluding hydrogens is 420 g/mol. The number of carbonyl (C=O) groups is 2. The van der Waals surface area contributed by atoms with Gasteiger partial charge >= 0.3 is 5.97 Å². The summed E-state index contributed by atoms with van der Waals surface area (Å²) in [6, 6.07) is 15.1. The van der Waals surface area contributed by atoms with Gasteiger partial charge in [0.2, 0.25) is 0 Å². The molecule has 1 fully saturated rings. The van der Waals surface area contributed by atoms with E-state index < -0.39 is 5.97 Å². The molecule has 1 aliphatic rings. The van der Waals surface area contributed by atoms with Crippen molar-refractivity contribution >= 4 is 22.8 Å². The number of ether oxygens (including phenoxy) is 2. The second kappa shape index (κ2) is 9.90. The minimum absolute atomic E-state index is 0.0460. The molecule has 1 aliphatic heterocycles. The van der Waals surface area contributed by atoms with E-state index in [0.717, 1.165) is 29.3 Å². The van der Waals surface area contributed by atoms with E-state index in [1.165, 1.54) is 0 Å². The van der Waals surface area contributed by atoms with Gasteiger partial charge in [-0.25, -0.2) is 4.98 Å². The molecule has 4 rings (SSSR count). The molecule has 0 spiro atoms. The highest BCUT2D eigenvalue weighted by Gasteiger charge is 2.26. The Morgan fingerprint density at radius 1 is 1.09 bits per heavy atom. The molecule has 1 atom stereocenters. The van der Waals surface area contributed by atoms with E-state index in [1.807, 2.05) is 53.4 Å². The lowest BCUT2D eigenvalue weighted by Gasteiger charge is -2.33. The first kappa shape index (κ1) is 22.6. The summed E-state index contributed by atoms with van der Waals surface area (Å²) in [6.45, 7) is 1.25. The zero-order valence-electron chi connectivity index (χ0n) is 18.9.